The van der Waals surface area contributed by atoms with Crippen LogP contribution >= 0.6 is 0 Å². The van der Waals surface area contributed by atoms with Gasteiger partial charge in [0, 0.05) is 18.0 Å². The maximum atomic E-state index is 12.6. The van der Waals surface area contributed by atoms with Crippen LogP contribution in [0.15, 0.2) is 28.7 Å². The van der Waals surface area contributed by atoms with Crippen molar-refractivity contribution in [1.82, 2.24) is 15.2 Å². The molecule has 1 atom stereocenters. The van der Waals surface area contributed by atoms with Gasteiger partial charge in [-0.3, -0.25) is 4.98 Å². The Labute approximate surface area is 133 Å². The van der Waals surface area contributed by atoms with Crippen molar-refractivity contribution in [3.8, 4) is 0 Å². The number of pyridine rings is 1. The molecule has 2 aromatic heterocycles. The van der Waals surface area contributed by atoms with E-state index in [1.54, 1.807) is 19.9 Å². The molecule has 2 heterocycles. The van der Waals surface area contributed by atoms with Gasteiger partial charge in [-0.25, -0.2) is 4.79 Å². The molecule has 23 heavy (non-hydrogen) atoms. The zero-order valence-corrected chi connectivity index (χ0v) is 13.5. The SMILES string of the molecule is Cc1ccc2nc(C)cc(C(=O)OC(C)c3nnc(C)o3)c2c1. The van der Waals surface area contributed by atoms with E-state index >= 15 is 0 Å². The highest BCUT2D eigenvalue weighted by Gasteiger charge is 2.20. The molecule has 6 heteroatoms. The van der Waals surface area contributed by atoms with Gasteiger partial charge in [-0.2, -0.15) is 0 Å². The van der Waals surface area contributed by atoms with Crippen LogP contribution in [0.3, 0.4) is 0 Å². The highest BCUT2D eigenvalue weighted by atomic mass is 16.6. The lowest BCUT2D eigenvalue weighted by atomic mass is 10.1. The van der Waals surface area contributed by atoms with Crippen LogP contribution in [-0.2, 0) is 4.74 Å². The van der Waals surface area contributed by atoms with Gasteiger partial charge in [-0.1, -0.05) is 11.6 Å². The van der Waals surface area contributed by atoms with Gasteiger partial charge in [-0.15, -0.1) is 10.2 Å². The Morgan fingerprint density at radius 2 is 1.96 bits per heavy atom. The van der Waals surface area contributed by atoms with Crippen LogP contribution in [0.2, 0.25) is 0 Å². The molecule has 0 amide bonds. The molecule has 0 spiro atoms. The summed E-state index contributed by atoms with van der Waals surface area (Å²) >= 11 is 0. The van der Waals surface area contributed by atoms with Crippen LogP contribution in [0, 0.1) is 20.8 Å². The van der Waals surface area contributed by atoms with Crippen molar-refractivity contribution in [2.24, 2.45) is 0 Å². The maximum absolute atomic E-state index is 12.6. The summed E-state index contributed by atoms with van der Waals surface area (Å²) in [5.74, 6) is 0.278. The third-order valence-corrected chi connectivity index (χ3v) is 3.49. The van der Waals surface area contributed by atoms with Crippen molar-refractivity contribution in [2.45, 2.75) is 33.8 Å². The Balaban J connectivity index is 1.95. The molecule has 118 valence electrons. The van der Waals surface area contributed by atoms with E-state index in [4.69, 9.17) is 9.15 Å². The first-order chi connectivity index (χ1) is 10.9. The van der Waals surface area contributed by atoms with Gasteiger partial charge in [0.2, 0.25) is 5.89 Å². The van der Waals surface area contributed by atoms with Gasteiger partial charge in [0.05, 0.1) is 11.1 Å². The van der Waals surface area contributed by atoms with Crippen molar-refractivity contribution in [1.29, 1.82) is 0 Å². The molecule has 0 aliphatic heterocycles. The number of aryl methyl sites for hydroxylation is 3. The number of nitrogens with zero attached hydrogens (tertiary/aromatic N) is 3. The predicted molar refractivity (Wildman–Crippen MR) is 84.1 cm³/mol. The Bertz CT molecular complexity index is 886. The van der Waals surface area contributed by atoms with Crippen LogP contribution in [0.5, 0.6) is 0 Å². The first-order valence-electron chi connectivity index (χ1n) is 7.33. The van der Waals surface area contributed by atoms with Crippen LogP contribution in [-0.4, -0.2) is 21.2 Å². The molecule has 0 saturated heterocycles. The second kappa shape index (κ2) is 5.79. The second-order valence-corrected chi connectivity index (χ2v) is 5.54. The molecule has 0 N–H and O–H groups in total. The quantitative estimate of drug-likeness (QED) is 0.689. The Kier molecular flexibility index (Phi) is 3.82. The number of benzene rings is 1. The molecular formula is C17H17N3O3. The number of esters is 1. The first kappa shape index (κ1) is 15.1. The van der Waals surface area contributed by atoms with Gasteiger partial charge in [0.15, 0.2) is 6.10 Å². The summed E-state index contributed by atoms with van der Waals surface area (Å²) < 4.78 is 10.8. The van der Waals surface area contributed by atoms with Crippen molar-refractivity contribution >= 4 is 16.9 Å². The molecule has 0 aliphatic rings. The topological polar surface area (TPSA) is 78.1 Å². The fourth-order valence-corrected chi connectivity index (χ4v) is 2.39. The highest BCUT2D eigenvalue weighted by Crippen LogP contribution is 2.23. The molecule has 6 nitrogen and oxygen atoms in total. The number of fused-ring (bicyclic) bond motifs is 1. The van der Waals surface area contributed by atoms with Gasteiger partial charge in [0.1, 0.15) is 0 Å². The average Bonchev–Trinajstić information content (AvgIpc) is 2.93. The van der Waals surface area contributed by atoms with Gasteiger partial charge < -0.3 is 9.15 Å². The summed E-state index contributed by atoms with van der Waals surface area (Å²) in [5, 5.41) is 8.40. The van der Waals surface area contributed by atoms with E-state index in [-0.39, 0.29) is 5.89 Å². The molecule has 0 radical (unpaired) electrons. The summed E-state index contributed by atoms with van der Waals surface area (Å²) in [6, 6.07) is 7.53. The number of carbonyl (C=O) groups is 1. The minimum absolute atomic E-state index is 0.280. The zero-order chi connectivity index (χ0) is 16.6. The number of hydrogen-bond donors (Lipinski definition) is 0. The maximum Gasteiger partial charge on any atom is 0.339 e. The van der Waals surface area contributed by atoms with Crippen LogP contribution in [0.25, 0.3) is 10.9 Å². The van der Waals surface area contributed by atoms with Crippen molar-refractivity contribution in [3.05, 3.63) is 52.9 Å². The summed E-state index contributed by atoms with van der Waals surface area (Å²) in [7, 11) is 0. The van der Waals surface area contributed by atoms with E-state index in [1.165, 1.54) is 0 Å². The average molecular weight is 311 g/mol. The lowest BCUT2D eigenvalue weighted by molar-refractivity contribution is 0.0279. The third-order valence-electron chi connectivity index (χ3n) is 3.49. The smallest absolute Gasteiger partial charge is 0.339 e. The van der Waals surface area contributed by atoms with Gasteiger partial charge in [-0.05, 0) is 39.0 Å². The summed E-state index contributed by atoms with van der Waals surface area (Å²) in [4.78, 5) is 17.0. The number of carbonyl (C=O) groups excluding carboxylic acids is 1. The molecule has 0 fully saturated rings. The van der Waals surface area contributed by atoms with E-state index in [1.807, 2.05) is 32.0 Å². The largest absolute Gasteiger partial charge is 0.449 e. The Morgan fingerprint density at radius 3 is 2.65 bits per heavy atom. The molecule has 0 aliphatic carbocycles. The van der Waals surface area contributed by atoms with E-state index in [2.05, 4.69) is 15.2 Å². The zero-order valence-electron chi connectivity index (χ0n) is 13.5. The van der Waals surface area contributed by atoms with Gasteiger partial charge >= 0.3 is 5.97 Å². The molecule has 0 bridgehead atoms. The fourth-order valence-electron chi connectivity index (χ4n) is 2.39. The summed E-state index contributed by atoms with van der Waals surface area (Å²) in [5.41, 5.74) is 3.07. The predicted octanol–water partition coefficient (Wildman–Crippen LogP) is 3.46. The number of rotatable bonds is 3. The van der Waals surface area contributed by atoms with E-state index < -0.39 is 12.1 Å². The Hall–Kier alpha value is -2.76. The summed E-state index contributed by atoms with van der Waals surface area (Å²) in [6.07, 6.45) is -0.614. The lowest BCUT2D eigenvalue weighted by Gasteiger charge is -2.12. The molecule has 1 aromatic carbocycles. The molecule has 1 unspecified atom stereocenters. The highest BCUT2D eigenvalue weighted by molar-refractivity contribution is 6.03. The molecule has 3 aromatic rings. The van der Waals surface area contributed by atoms with Crippen molar-refractivity contribution in [3.63, 3.8) is 0 Å². The second-order valence-electron chi connectivity index (χ2n) is 5.54. The fraction of sp³-hybridized carbons (Fsp3) is 0.294. The molecule has 0 saturated carbocycles. The normalized spacial score (nSPS) is 12.3. The van der Waals surface area contributed by atoms with Crippen molar-refractivity contribution in [2.75, 3.05) is 0 Å². The number of aromatic nitrogens is 3. The van der Waals surface area contributed by atoms with E-state index in [9.17, 15) is 4.79 Å². The standard InChI is InChI=1S/C17H17N3O3/c1-9-5-6-15-13(7-9)14(8-10(2)18-15)17(21)22-11(3)16-20-19-12(4)23-16/h5-8,11H,1-4H3. The molecule has 3 rings (SSSR count). The number of ether oxygens (including phenoxy) is 1. The minimum Gasteiger partial charge on any atom is -0.449 e. The minimum atomic E-state index is -0.614. The van der Waals surface area contributed by atoms with Crippen LogP contribution in [0.4, 0.5) is 0 Å². The monoisotopic (exact) mass is 311 g/mol. The van der Waals surface area contributed by atoms with Crippen molar-refractivity contribution < 1.29 is 13.9 Å². The Morgan fingerprint density at radius 1 is 1.17 bits per heavy atom. The third kappa shape index (κ3) is 3.06. The first-order valence-corrected chi connectivity index (χ1v) is 7.33. The number of hydrogen-bond acceptors (Lipinski definition) is 6. The summed E-state index contributed by atoms with van der Waals surface area (Å²) in [6.45, 7) is 7.21. The van der Waals surface area contributed by atoms with E-state index in [0.717, 1.165) is 22.2 Å². The van der Waals surface area contributed by atoms with E-state index in [0.29, 0.717) is 11.5 Å². The lowest BCUT2D eigenvalue weighted by Crippen LogP contribution is -2.11. The molecular weight excluding hydrogens is 294 g/mol. The van der Waals surface area contributed by atoms with Crippen LogP contribution < -0.4 is 0 Å². The van der Waals surface area contributed by atoms with Crippen LogP contribution in [0.1, 0.15) is 46.4 Å². The van der Waals surface area contributed by atoms with Gasteiger partial charge in [0.25, 0.3) is 5.89 Å².